The highest BCUT2D eigenvalue weighted by Crippen LogP contribution is 2.68. The summed E-state index contributed by atoms with van der Waals surface area (Å²) in [5, 5.41) is 16.1. The molecule has 0 spiro atoms. The van der Waals surface area contributed by atoms with Crippen molar-refractivity contribution in [2.45, 2.75) is 83.8 Å². The van der Waals surface area contributed by atoms with E-state index in [0.29, 0.717) is 29.2 Å². The fourth-order valence-corrected chi connectivity index (χ4v) is 9.74. The molecule has 196 valence electrons. The Morgan fingerprint density at radius 2 is 1.97 bits per heavy atom. The van der Waals surface area contributed by atoms with Crippen LogP contribution in [0.3, 0.4) is 0 Å². The van der Waals surface area contributed by atoms with E-state index in [1.807, 2.05) is 14.0 Å². The number of hydrogen-bond acceptors (Lipinski definition) is 4. The minimum Gasteiger partial charge on any atom is -0.390 e. The van der Waals surface area contributed by atoms with Gasteiger partial charge < -0.3 is 9.84 Å². The Balaban J connectivity index is 1.24. The number of rotatable bonds is 5. The molecule has 0 aliphatic heterocycles. The zero-order valence-corrected chi connectivity index (χ0v) is 22.0. The predicted molar refractivity (Wildman–Crippen MR) is 137 cm³/mol. The number of ether oxygens (including phenoxy) is 1. The van der Waals surface area contributed by atoms with E-state index in [0.717, 1.165) is 63.4 Å². The zero-order valence-electron chi connectivity index (χ0n) is 22.0. The minimum absolute atomic E-state index is 0.0215. The lowest BCUT2D eigenvalue weighted by Gasteiger charge is -2.62. The molecule has 4 saturated carbocycles. The lowest BCUT2D eigenvalue weighted by atomic mass is 9.43. The van der Waals surface area contributed by atoms with E-state index in [-0.39, 0.29) is 34.9 Å². The summed E-state index contributed by atoms with van der Waals surface area (Å²) in [5.74, 6) is 2.34. The van der Waals surface area contributed by atoms with Crippen molar-refractivity contribution < 1.29 is 19.0 Å². The van der Waals surface area contributed by atoms with E-state index in [1.54, 1.807) is 16.9 Å². The number of aromatic nitrogens is 2. The van der Waals surface area contributed by atoms with Crippen LogP contribution in [-0.4, -0.2) is 40.0 Å². The Bertz CT molecular complexity index is 1160. The first-order valence-corrected chi connectivity index (χ1v) is 14.0. The van der Waals surface area contributed by atoms with Crippen LogP contribution in [0.2, 0.25) is 0 Å². The molecule has 0 radical (unpaired) electrons. The quantitative estimate of drug-likeness (QED) is 0.570. The van der Waals surface area contributed by atoms with Crippen LogP contribution in [-0.2, 0) is 16.1 Å². The third kappa shape index (κ3) is 3.69. The average molecular weight is 497 g/mol. The highest BCUT2D eigenvalue weighted by atomic mass is 19.1. The first-order chi connectivity index (χ1) is 17.2. The standard InChI is InChI=1S/C30H41FN2O3/c1-28(35)12-13-30(18-36-3)20(15-28)5-7-22-23-8-9-25(29(23,2)11-10-24(22)30)27(34)17-33-26-14-21(31)6-4-19(26)16-32-33/h4,6,14,16,20,22-25,35H,5,7-13,15,17-18H2,1-3H3/t20-,22+,23+,24+,25-,28-,29+,30-/m1/s1. The summed E-state index contributed by atoms with van der Waals surface area (Å²) in [6.45, 7) is 5.41. The molecule has 1 N–H and O–H groups in total. The van der Waals surface area contributed by atoms with E-state index in [1.165, 1.54) is 18.6 Å². The van der Waals surface area contributed by atoms with Crippen LogP contribution in [0.5, 0.6) is 0 Å². The van der Waals surface area contributed by atoms with Gasteiger partial charge in [-0.25, -0.2) is 4.39 Å². The molecule has 2 aromatic rings. The molecule has 4 fully saturated rings. The SMILES string of the molecule is COC[C@]12CC[C@@](C)(O)C[C@H]1CC[C@H]1[C@@H]3CC[C@H](C(=O)Cn4ncc5ccc(F)cc54)[C@@]3(C)CC[C@@H]12. The van der Waals surface area contributed by atoms with Crippen molar-refractivity contribution >= 4 is 16.7 Å². The lowest BCUT2D eigenvalue weighted by molar-refractivity contribution is -0.175. The zero-order chi connectivity index (χ0) is 25.3. The first kappa shape index (κ1) is 24.5. The van der Waals surface area contributed by atoms with Crippen LogP contribution in [0.1, 0.15) is 71.6 Å². The van der Waals surface area contributed by atoms with E-state index < -0.39 is 5.60 Å². The maximum atomic E-state index is 13.9. The number of hydrogen-bond donors (Lipinski definition) is 1. The smallest absolute Gasteiger partial charge is 0.157 e. The van der Waals surface area contributed by atoms with Gasteiger partial charge in [0.1, 0.15) is 12.4 Å². The number of ketones is 1. The van der Waals surface area contributed by atoms with Gasteiger partial charge in [0.25, 0.3) is 0 Å². The highest BCUT2D eigenvalue weighted by Gasteiger charge is 2.63. The molecule has 6 rings (SSSR count). The predicted octanol–water partition coefficient (Wildman–Crippen LogP) is 5.78. The number of aliphatic hydroxyl groups is 1. The monoisotopic (exact) mass is 496 g/mol. The van der Waals surface area contributed by atoms with Crippen LogP contribution in [0, 0.1) is 46.2 Å². The Morgan fingerprint density at radius 1 is 1.14 bits per heavy atom. The largest absolute Gasteiger partial charge is 0.390 e. The third-order valence-corrected chi connectivity index (χ3v) is 11.4. The van der Waals surface area contributed by atoms with Gasteiger partial charge in [-0.15, -0.1) is 0 Å². The Labute approximate surface area is 213 Å². The maximum Gasteiger partial charge on any atom is 0.157 e. The molecule has 5 nitrogen and oxygen atoms in total. The van der Waals surface area contributed by atoms with Crippen LogP contribution in [0.4, 0.5) is 4.39 Å². The second-order valence-corrected chi connectivity index (χ2v) is 13.2. The fourth-order valence-electron chi connectivity index (χ4n) is 9.74. The van der Waals surface area contributed by atoms with Crippen molar-refractivity contribution in [3.8, 4) is 0 Å². The molecule has 1 heterocycles. The highest BCUT2D eigenvalue weighted by molar-refractivity contribution is 5.85. The number of fused-ring (bicyclic) bond motifs is 6. The van der Waals surface area contributed by atoms with E-state index >= 15 is 0 Å². The molecular weight excluding hydrogens is 455 g/mol. The molecule has 1 aromatic heterocycles. The molecule has 1 aromatic carbocycles. The summed E-state index contributed by atoms with van der Waals surface area (Å²) >= 11 is 0. The molecule has 36 heavy (non-hydrogen) atoms. The number of methoxy groups -OCH3 is 1. The molecule has 4 aliphatic carbocycles. The van der Waals surface area contributed by atoms with Gasteiger partial charge in [0.2, 0.25) is 0 Å². The Morgan fingerprint density at radius 3 is 2.78 bits per heavy atom. The normalized spacial score (nSPS) is 42.1. The van der Waals surface area contributed by atoms with Gasteiger partial charge in [-0.05, 0) is 117 Å². The van der Waals surface area contributed by atoms with Crippen LogP contribution >= 0.6 is 0 Å². The average Bonchev–Trinajstić information content (AvgIpc) is 3.39. The van der Waals surface area contributed by atoms with Crippen molar-refractivity contribution in [2.24, 2.45) is 40.4 Å². The summed E-state index contributed by atoms with van der Waals surface area (Å²) in [6, 6.07) is 4.65. The Kier molecular flexibility index (Phi) is 5.88. The van der Waals surface area contributed by atoms with E-state index in [9.17, 15) is 14.3 Å². The molecule has 0 unspecified atom stereocenters. The molecule has 0 amide bonds. The first-order valence-electron chi connectivity index (χ1n) is 14.0. The summed E-state index contributed by atoms with van der Waals surface area (Å²) in [7, 11) is 1.84. The van der Waals surface area contributed by atoms with E-state index in [4.69, 9.17) is 4.74 Å². The van der Waals surface area contributed by atoms with Crippen molar-refractivity contribution in [2.75, 3.05) is 13.7 Å². The van der Waals surface area contributed by atoms with Crippen molar-refractivity contribution in [3.05, 3.63) is 30.2 Å². The van der Waals surface area contributed by atoms with Crippen LogP contribution < -0.4 is 0 Å². The van der Waals surface area contributed by atoms with Crippen molar-refractivity contribution in [3.63, 3.8) is 0 Å². The number of Topliss-reactive ketones (excluding diaryl/α,β-unsaturated/α-hetero) is 1. The lowest BCUT2D eigenvalue weighted by Crippen LogP contribution is -2.58. The fraction of sp³-hybridized carbons (Fsp3) is 0.733. The summed E-state index contributed by atoms with van der Waals surface area (Å²) in [5.41, 5.74) is 0.331. The van der Waals surface area contributed by atoms with E-state index in [2.05, 4.69) is 12.0 Å². The number of nitrogens with zero attached hydrogens (tertiary/aromatic N) is 2. The third-order valence-electron chi connectivity index (χ3n) is 11.4. The molecule has 6 heteroatoms. The number of benzene rings is 1. The van der Waals surface area contributed by atoms with Gasteiger partial charge in [0, 0.05) is 18.4 Å². The van der Waals surface area contributed by atoms with Gasteiger partial charge in [-0.1, -0.05) is 6.92 Å². The minimum atomic E-state index is -0.553. The van der Waals surface area contributed by atoms with Gasteiger partial charge in [0.05, 0.1) is 23.9 Å². The number of carbonyl (C=O) groups excluding carboxylic acids is 1. The van der Waals surface area contributed by atoms with Crippen molar-refractivity contribution in [1.29, 1.82) is 0 Å². The molecule has 8 atom stereocenters. The summed E-state index contributed by atoms with van der Waals surface area (Å²) in [4.78, 5) is 13.7. The van der Waals surface area contributed by atoms with Crippen LogP contribution in [0.15, 0.2) is 24.4 Å². The van der Waals surface area contributed by atoms with Crippen molar-refractivity contribution in [1.82, 2.24) is 9.78 Å². The number of halogens is 1. The second-order valence-electron chi connectivity index (χ2n) is 13.2. The maximum absolute atomic E-state index is 13.9. The van der Waals surface area contributed by atoms with Gasteiger partial charge >= 0.3 is 0 Å². The summed E-state index contributed by atoms with van der Waals surface area (Å²) < 4.78 is 21.4. The molecule has 0 bridgehead atoms. The van der Waals surface area contributed by atoms with Gasteiger partial charge in [-0.3, -0.25) is 9.48 Å². The second kappa shape index (κ2) is 8.62. The topological polar surface area (TPSA) is 64.3 Å². The summed E-state index contributed by atoms with van der Waals surface area (Å²) in [6.07, 6.45) is 11.2. The van der Waals surface area contributed by atoms with Gasteiger partial charge in [0.15, 0.2) is 5.78 Å². The Hall–Kier alpha value is -1.79. The van der Waals surface area contributed by atoms with Gasteiger partial charge in [-0.2, -0.15) is 5.10 Å². The molecule has 4 aliphatic rings. The molecule has 0 saturated heterocycles. The molecular formula is C30H41FN2O3. The number of carbonyl (C=O) groups is 1. The van der Waals surface area contributed by atoms with Crippen LogP contribution in [0.25, 0.3) is 10.9 Å².